The van der Waals surface area contributed by atoms with E-state index >= 15 is 0 Å². The molecule has 1 heterocycles. The van der Waals surface area contributed by atoms with Crippen molar-refractivity contribution in [1.82, 2.24) is 4.90 Å². The highest BCUT2D eigenvalue weighted by molar-refractivity contribution is 5.23. The van der Waals surface area contributed by atoms with Gasteiger partial charge in [-0.15, -0.1) is 0 Å². The lowest BCUT2D eigenvalue weighted by Crippen LogP contribution is -2.36. The molecule has 122 valence electrons. The van der Waals surface area contributed by atoms with Crippen molar-refractivity contribution >= 4 is 0 Å². The lowest BCUT2D eigenvalue weighted by atomic mass is 9.80. The average molecular weight is 313 g/mol. The van der Waals surface area contributed by atoms with Crippen molar-refractivity contribution < 1.29 is 9.50 Å². The minimum absolute atomic E-state index is 0.0181. The Morgan fingerprint density at radius 2 is 1.65 bits per heavy atom. The molecular formula is C20H24FNO. The van der Waals surface area contributed by atoms with Crippen molar-refractivity contribution in [3.63, 3.8) is 0 Å². The molecule has 1 N–H and O–H groups in total. The summed E-state index contributed by atoms with van der Waals surface area (Å²) < 4.78 is 14.0. The van der Waals surface area contributed by atoms with E-state index < -0.39 is 0 Å². The Hall–Kier alpha value is -1.71. The number of aliphatic hydroxyl groups excluding tert-OH is 1. The first-order chi connectivity index (χ1) is 11.3. The maximum Gasteiger partial charge on any atom is 0.126 e. The van der Waals surface area contributed by atoms with Gasteiger partial charge >= 0.3 is 0 Å². The molecule has 0 amide bonds. The first-order valence-corrected chi connectivity index (χ1v) is 8.39. The summed E-state index contributed by atoms with van der Waals surface area (Å²) in [6, 6.07) is 17.3. The molecule has 0 aromatic heterocycles. The molecule has 1 aliphatic rings. The fourth-order valence-corrected chi connectivity index (χ4v) is 3.63. The second kappa shape index (κ2) is 7.71. The number of hydrogen-bond donors (Lipinski definition) is 1. The van der Waals surface area contributed by atoms with Crippen molar-refractivity contribution in [2.75, 3.05) is 19.7 Å². The summed E-state index contributed by atoms with van der Waals surface area (Å²) in [5.41, 5.74) is 2.00. The zero-order valence-corrected chi connectivity index (χ0v) is 13.4. The molecule has 0 radical (unpaired) electrons. The molecular weight excluding hydrogens is 289 g/mol. The van der Waals surface area contributed by atoms with Crippen LogP contribution in [0.3, 0.4) is 0 Å². The molecule has 1 aliphatic heterocycles. The fourth-order valence-electron chi connectivity index (χ4n) is 3.63. The SMILES string of the molecule is OCC(c1ccccc1F)C1CCN(Cc2ccccc2)CC1. The number of likely N-dealkylation sites (tertiary alicyclic amines) is 1. The van der Waals surface area contributed by atoms with E-state index in [-0.39, 0.29) is 18.3 Å². The number of rotatable bonds is 5. The van der Waals surface area contributed by atoms with Crippen LogP contribution in [0.2, 0.25) is 0 Å². The molecule has 1 atom stereocenters. The predicted molar refractivity (Wildman–Crippen MR) is 90.7 cm³/mol. The quantitative estimate of drug-likeness (QED) is 0.907. The highest BCUT2D eigenvalue weighted by Gasteiger charge is 2.28. The van der Waals surface area contributed by atoms with Gasteiger partial charge in [-0.2, -0.15) is 0 Å². The number of nitrogens with zero attached hydrogens (tertiary/aromatic N) is 1. The zero-order chi connectivity index (χ0) is 16.1. The summed E-state index contributed by atoms with van der Waals surface area (Å²) in [4.78, 5) is 2.45. The summed E-state index contributed by atoms with van der Waals surface area (Å²) in [5, 5.41) is 9.78. The van der Waals surface area contributed by atoms with Crippen LogP contribution in [0.25, 0.3) is 0 Å². The van der Waals surface area contributed by atoms with Gasteiger partial charge in [-0.25, -0.2) is 4.39 Å². The summed E-state index contributed by atoms with van der Waals surface area (Å²) >= 11 is 0. The third-order valence-corrected chi connectivity index (χ3v) is 4.95. The number of piperidine rings is 1. The number of halogens is 1. The molecule has 1 unspecified atom stereocenters. The van der Waals surface area contributed by atoms with Gasteiger partial charge in [0, 0.05) is 12.5 Å². The Morgan fingerprint density at radius 3 is 2.30 bits per heavy atom. The van der Waals surface area contributed by atoms with Crippen LogP contribution in [0.1, 0.15) is 29.9 Å². The van der Waals surface area contributed by atoms with Crippen molar-refractivity contribution in [3.8, 4) is 0 Å². The Balaban J connectivity index is 1.60. The molecule has 0 spiro atoms. The van der Waals surface area contributed by atoms with Gasteiger partial charge in [0.15, 0.2) is 0 Å². The van der Waals surface area contributed by atoms with E-state index in [0.717, 1.165) is 32.5 Å². The molecule has 1 fully saturated rings. The first kappa shape index (κ1) is 16.2. The van der Waals surface area contributed by atoms with Crippen molar-refractivity contribution in [2.24, 2.45) is 5.92 Å². The number of aliphatic hydroxyl groups is 1. The van der Waals surface area contributed by atoms with Gasteiger partial charge in [0.1, 0.15) is 5.82 Å². The van der Waals surface area contributed by atoms with E-state index in [0.29, 0.717) is 11.5 Å². The molecule has 0 saturated carbocycles. The molecule has 3 heteroatoms. The second-order valence-electron chi connectivity index (χ2n) is 6.41. The number of hydrogen-bond acceptors (Lipinski definition) is 2. The fraction of sp³-hybridized carbons (Fsp3) is 0.400. The normalized spacial score (nSPS) is 18.0. The standard InChI is InChI=1S/C20H24FNO/c21-20-9-5-4-8-18(20)19(15-23)17-10-12-22(13-11-17)14-16-6-2-1-3-7-16/h1-9,17,19,23H,10-15H2. The smallest absolute Gasteiger partial charge is 0.126 e. The molecule has 23 heavy (non-hydrogen) atoms. The van der Waals surface area contributed by atoms with Crippen molar-refractivity contribution in [2.45, 2.75) is 25.3 Å². The van der Waals surface area contributed by atoms with Gasteiger partial charge in [-0.1, -0.05) is 48.5 Å². The van der Waals surface area contributed by atoms with Gasteiger partial charge in [0.2, 0.25) is 0 Å². The molecule has 0 aliphatic carbocycles. The van der Waals surface area contributed by atoms with Crippen LogP contribution in [-0.2, 0) is 6.54 Å². The molecule has 3 rings (SSSR count). The molecule has 2 aromatic rings. The third kappa shape index (κ3) is 3.98. The van der Waals surface area contributed by atoms with Gasteiger partial charge in [-0.05, 0) is 49.0 Å². The lowest BCUT2D eigenvalue weighted by Gasteiger charge is -2.35. The summed E-state index contributed by atoms with van der Waals surface area (Å²) in [7, 11) is 0. The van der Waals surface area contributed by atoms with Gasteiger partial charge in [0.25, 0.3) is 0 Å². The minimum Gasteiger partial charge on any atom is -0.396 e. The maximum atomic E-state index is 14.0. The largest absolute Gasteiger partial charge is 0.396 e. The van der Waals surface area contributed by atoms with Crippen LogP contribution in [0.5, 0.6) is 0 Å². The van der Waals surface area contributed by atoms with Gasteiger partial charge in [-0.3, -0.25) is 4.90 Å². The van der Waals surface area contributed by atoms with Gasteiger partial charge in [0.05, 0.1) is 6.61 Å². The van der Waals surface area contributed by atoms with E-state index in [1.807, 2.05) is 18.2 Å². The summed E-state index contributed by atoms with van der Waals surface area (Å²) in [5.74, 6) is 0.0669. The first-order valence-electron chi connectivity index (χ1n) is 8.39. The number of benzene rings is 2. The van der Waals surface area contributed by atoms with Gasteiger partial charge < -0.3 is 5.11 Å². The van der Waals surface area contributed by atoms with E-state index in [9.17, 15) is 9.50 Å². The Bertz CT molecular complexity index is 608. The summed E-state index contributed by atoms with van der Waals surface area (Å²) in [6.45, 7) is 3.00. The third-order valence-electron chi connectivity index (χ3n) is 4.95. The van der Waals surface area contributed by atoms with E-state index in [4.69, 9.17) is 0 Å². The highest BCUT2D eigenvalue weighted by Crippen LogP contribution is 2.34. The zero-order valence-electron chi connectivity index (χ0n) is 13.4. The molecule has 2 nitrogen and oxygen atoms in total. The molecule has 0 bridgehead atoms. The summed E-state index contributed by atoms with van der Waals surface area (Å²) in [6.07, 6.45) is 2.01. The van der Waals surface area contributed by atoms with E-state index in [1.165, 1.54) is 11.6 Å². The van der Waals surface area contributed by atoms with Crippen LogP contribution in [0.4, 0.5) is 4.39 Å². The Kier molecular flexibility index (Phi) is 5.42. The van der Waals surface area contributed by atoms with E-state index in [2.05, 4.69) is 29.2 Å². The Labute approximate surface area is 137 Å². The monoisotopic (exact) mass is 313 g/mol. The van der Waals surface area contributed by atoms with Crippen LogP contribution in [0, 0.1) is 11.7 Å². The predicted octanol–water partition coefficient (Wildman–Crippen LogP) is 3.81. The van der Waals surface area contributed by atoms with Crippen LogP contribution >= 0.6 is 0 Å². The van der Waals surface area contributed by atoms with Crippen LogP contribution in [-0.4, -0.2) is 29.7 Å². The van der Waals surface area contributed by atoms with Crippen LogP contribution in [0.15, 0.2) is 54.6 Å². The van der Waals surface area contributed by atoms with Crippen molar-refractivity contribution in [3.05, 3.63) is 71.5 Å². The maximum absolute atomic E-state index is 14.0. The topological polar surface area (TPSA) is 23.5 Å². The second-order valence-corrected chi connectivity index (χ2v) is 6.41. The van der Waals surface area contributed by atoms with Crippen molar-refractivity contribution in [1.29, 1.82) is 0 Å². The average Bonchev–Trinajstić information content (AvgIpc) is 2.59. The minimum atomic E-state index is -0.196. The Morgan fingerprint density at radius 1 is 1.00 bits per heavy atom. The van der Waals surface area contributed by atoms with E-state index in [1.54, 1.807) is 6.07 Å². The molecule has 1 saturated heterocycles. The highest BCUT2D eigenvalue weighted by atomic mass is 19.1. The molecule has 2 aromatic carbocycles. The lowest BCUT2D eigenvalue weighted by molar-refractivity contribution is 0.133. The van der Waals surface area contributed by atoms with Crippen LogP contribution < -0.4 is 0 Å².